The van der Waals surface area contributed by atoms with Crippen LogP contribution in [0.15, 0.2) is 17.2 Å². The summed E-state index contributed by atoms with van der Waals surface area (Å²) in [5.41, 5.74) is -0.213. The maximum Gasteiger partial charge on any atom is 0.352 e. The van der Waals surface area contributed by atoms with Gasteiger partial charge < -0.3 is 15.4 Å². The highest BCUT2D eigenvalue weighted by Gasteiger charge is 2.30. The van der Waals surface area contributed by atoms with E-state index in [9.17, 15) is 18.0 Å². The first-order chi connectivity index (χ1) is 8.41. The van der Waals surface area contributed by atoms with E-state index in [0.29, 0.717) is 0 Å². The van der Waals surface area contributed by atoms with Gasteiger partial charge >= 0.3 is 5.97 Å². The van der Waals surface area contributed by atoms with Crippen LogP contribution in [-0.2, 0) is 14.8 Å². The second-order valence-corrected chi connectivity index (χ2v) is 5.68. The van der Waals surface area contributed by atoms with Crippen molar-refractivity contribution in [2.24, 2.45) is 0 Å². The quantitative estimate of drug-likeness (QED) is 0.641. The number of carboxylic acid groups (broad SMARTS) is 1. The highest BCUT2D eigenvalue weighted by molar-refractivity contribution is 7.89. The summed E-state index contributed by atoms with van der Waals surface area (Å²) in [5, 5.41) is 11.2. The molecule has 1 aromatic heterocycles. The predicted octanol–water partition coefficient (Wildman–Crippen LogP) is -1.17. The Kier molecular flexibility index (Phi) is 3.09. The zero-order chi connectivity index (χ0) is 13.3. The van der Waals surface area contributed by atoms with E-state index in [1.54, 1.807) is 0 Å². The van der Waals surface area contributed by atoms with Crippen molar-refractivity contribution >= 4 is 21.9 Å². The summed E-state index contributed by atoms with van der Waals surface area (Å²) in [6, 6.07) is 1.03. The van der Waals surface area contributed by atoms with Crippen LogP contribution in [0, 0.1) is 0 Å². The molecule has 2 heterocycles. The molecule has 0 atom stereocenters. The first-order valence-corrected chi connectivity index (χ1v) is 6.54. The van der Waals surface area contributed by atoms with Gasteiger partial charge in [-0.3, -0.25) is 4.79 Å². The van der Waals surface area contributed by atoms with Crippen molar-refractivity contribution in [2.45, 2.75) is 4.90 Å². The van der Waals surface area contributed by atoms with Gasteiger partial charge in [-0.1, -0.05) is 0 Å². The molecule has 1 fully saturated rings. The standard InChI is InChI=1S/C9H11N3O5S/c13-8-5-12(2-1-10-8)18(16,17)6-3-7(9(14)15)11-4-6/h3-4,11H,1-2,5H2,(H,10,13)(H,14,15). The Hall–Kier alpha value is -1.87. The number of aromatic amines is 1. The summed E-state index contributed by atoms with van der Waals surface area (Å²) in [5.74, 6) is -1.62. The van der Waals surface area contributed by atoms with Crippen molar-refractivity contribution in [3.63, 3.8) is 0 Å². The van der Waals surface area contributed by atoms with E-state index in [2.05, 4.69) is 10.3 Å². The van der Waals surface area contributed by atoms with Gasteiger partial charge in [0.15, 0.2) is 0 Å². The lowest BCUT2D eigenvalue weighted by molar-refractivity contribution is -0.122. The lowest BCUT2D eigenvalue weighted by Crippen LogP contribution is -2.49. The fraction of sp³-hybridized carbons (Fsp3) is 0.333. The lowest BCUT2D eigenvalue weighted by Gasteiger charge is -2.25. The van der Waals surface area contributed by atoms with Gasteiger partial charge in [-0.2, -0.15) is 4.31 Å². The Bertz CT molecular complexity index is 591. The number of nitrogens with zero attached hydrogens (tertiary/aromatic N) is 1. The molecule has 18 heavy (non-hydrogen) atoms. The molecule has 0 unspecified atom stereocenters. The molecule has 1 aliphatic heterocycles. The van der Waals surface area contributed by atoms with E-state index >= 15 is 0 Å². The molecule has 0 radical (unpaired) electrons. The molecule has 0 aromatic carbocycles. The number of hydrogen-bond acceptors (Lipinski definition) is 4. The minimum Gasteiger partial charge on any atom is -0.477 e. The summed E-state index contributed by atoms with van der Waals surface area (Å²) >= 11 is 0. The molecule has 0 spiro atoms. The van der Waals surface area contributed by atoms with Crippen LogP contribution in [0.25, 0.3) is 0 Å². The van der Waals surface area contributed by atoms with Crippen molar-refractivity contribution in [1.82, 2.24) is 14.6 Å². The number of sulfonamides is 1. The maximum absolute atomic E-state index is 12.1. The molecule has 8 nitrogen and oxygen atoms in total. The highest BCUT2D eigenvalue weighted by Crippen LogP contribution is 2.17. The van der Waals surface area contributed by atoms with Gasteiger partial charge in [-0.25, -0.2) is 13.2 Å². The van der Waals surface area contributed by atoms with Gasteiger partial charge in [0.2, 0.25) is 15.9 Å². The smallest absolute Gasteiger partial charge is 0.352 e. The molecule has 2 rings (SSSR count). The number of rotatable bonds is 3. The summed E-state index contributed by atoms with van der Waals surface area (Å²) < 4.78 is 25.2. The van der Waals surface area contributed by atoms with Crippen LogP contribution < -0.4 is 5.32 Å². The molecule has 1 amide bonds. The zero-order valence-electron chi connectivity index (χ0n) is 9.21. The molecule has 1 saturated heterocycles. The average molecular weight is 273 g/mol. The van der Waals surface area contributed by atoms with Gasteiger partial charge in [0.1, 0.15) is 10.6 Å². The fourth-order valence-corrected chi connectivity index (χ4v) is 3.01. The molecule has 1 aliphatic rings. The Labute approximate surface area is 103 Å². The van der Waals surface area contributed by atoms with Crippen LogP contribution in [0.4, 0.5) is 0 Å². The van der Waals surface area contributed by atoms with Crippen LogP contribution in [-0.4, -0.2) is 54.3 Å². The minimum absolute atomic E-state index is 0.158. The third-order valence-corrected chi connectivity index (χ3v) is 4.35. The number of carbonyl (C=O) groups is 2. The summed E-state index contributed by atoms with van der Waals surface area (Å²) in [6.45, 7) is 0.159. The Balaban J connectivity index is 2.29. The van der Waals surface area contributed by atoms with Gasteiger partial charge in [0.05, 0.1) is 6.54 Å². The van der Waals surface area contributed by atoms with Crippen molar-refractivity contribution < 1.29 is 23.1 Å². The van der Waals surface area contributed by atoms with E-state index in [0.717, 1.165) is 16.6 Å². The Morgan fingerprint density at radius 1 is 1.44 bits per heavy atom. The van der Waals surface area contributed by atoms with E-state index in [1.165, 1.54) is 0 Å². The fourth-order valence-electron chi connectivity index (χ4n) is 1.62. The monoisotopic (exact) mass is 273 g/mol. The first-order valence-electron chi connectivity index (χ1n) is 5.10. The topological polar surface area (TPSA) is 120 Å². The number of amides is 1. The number of carboxylic acids is 1. The normalized spacial score (nSPS) is 17.4. The second kappa shape index (κ2) is 4.42. The first kappa shape index (κ1) is 12.6. The molecule has 0 saturated carbocycles. The number of hydrogen-bond donors (Lipinski definition) is 3. The lowest BCUT2D eigenvalue weighted by atomic mass is 10.4. The maximum atomic E-state index is 12.1. The highest BCUT2D eigenvalue weighted by atomic mass is 32.2. The largest absolute Gasteiger partial charge is 0.477 e. The number of nitrogens with one attached hydrogen (secondary N) is 2. The summed E-state index contributed by atoms with van der Waals surface area (Å²) in [7, 11) is -3.83. The SMILES string of the molecule is O=C1CN(S(=O)(=O)c2c[nH]c(C(=O)O)c2)CCN1. The van der Waals surface area contributed by atoms with Crippen LogP contribution in [0.3, 0.4) is 0 Å². The van der Waals surface area contributed by atoms with Crippen LogP contribution in [0.2, 0.25) is 0 Å². The number of aromatic carboxylic acids is 1. The predicted molar refractivity (Wildman–Crippen MR) is 59.5 cm³/mol. The molecule has 0 aliphatic carbocycles. The van der Waals surface area contributed by atoms with Crippen molar-refractivity contribution in [1.29, 1.82) is 0 Å². The van der Waals surface area contributed by atoms with E-state index in [-0.39, 0.29) is 36.1 Å². The molecule has 1 aromatic rings. The van der Waals surface area contributed by atoms with Crippen LogP contribution in [0.1, 0.15) is 10.5 Å². The Morgan fingerprint density at radius 2 is 2.17 bits per heavy atom. The van der Waals surface area contributed by atoms with Crippen LogP contribution >= 0.6 is 0 Å². The summed E-state index contributed by atoms with van der Waals surface area (Å²) in [6.07, 6.45) is 1.10. The second-order valence-electron chi connectivity index (χ2n) is 3.74. The van der Waals surface area contributed by atoms with E-state index in [1.807, 2.05) is 0 Å². The van der Waals surface area contributed by atoms with Gasteiger partial charge in [0, 0.05) is 19.3 Å². The summed E-state index contributed by atoms with van der Waals surface area (Å²) in [4.78, 5) is 24.0. The van der Waals surface area contributed by atoms with Gasteiger partial charge in [-0.05, 0) is 6.07 Å². The molecule has 9 heteroatoms. The number of piperazine rings is 1. The average Bonchev–Trinajstić information content (AvgIpc) is 2.79. The van der Waals surface area contributed by atoms with E-state index in [4.69, 9.17) is 5.11 Å². The number of H-pyrrole nitrogens is 1. The molecule has 0 bridgehead atoms. The van der Waals surface area contributed by atoms with Gasteiger partial charge in [0.25, 0.3) is 0 Å². The van der Waals surface area contributed by atoms with Crippen LogP contribution in [0.5, 0.6) is 0 Å². The third kappa shape index (κ3) is 2.22. The number of aromatic nitrogens is 1. The zero-order valence-corrected chi connectivity index (χ0v) is 10.0. The van der Waals surface area contributed by atoms with Crippen molar-refractivity contribution in [3.8, 4) is 0 Å². The molecular weight excluding hydrogens is 262 g/mol. The third-order valence-electron chi connectivity index (χ3n) is 2.53. The molecular formula is C9H11N3O5S. The molecule has 3 N–H and O–H groups in total. The van der Waals surface area contributed by atoms with E-state index < -0.39 is 16.0 Å². The minimum atomic E-state index is -3.83. The number of carbonyl (C=O) groups excluding carboxylic acids is 1. The van der Waals surface area contributed by atoms with Crippen molar-refractivity contribution in [2.75, 3.05) is 19.6 Å². The Morgan fingerprint density at radius 3 is 2.72 bits per heavy atom. The van der Waals surface area contributed by atoms with Crippen molar-refractivity contribution in [3.05, 3.63) is 18.0 Å². The molecule has 98 valence electrons. The van der Waals surface area contributed by atoms with Gasteiger partial charge in [-0.15, -0.1) is 0 Å².